The van der Waals surface area contributed by atoms with Crippen molar-refractivity contribution in [2.75, 3.05) is 0 Å². The van der Waals surface area contributed by atoms with Crippen LogP contribution in [0.5, 0.6) is 0 Å². The predicted molar refractivity (Wildman–Crippen MR) is 55.2 cm³/mol. The van der Waals surface area contributed by atoms with Gasteiger partial charge >= 0.3 is 82.9 Å². The van der Waals surface area contributed by atoms with Crippen molar-refractivity contribution >= 4 is 35.5 Å². The zero-order chi connectivity index (χ0) is 8.39. The van der Waals surface area contributed by atoms with Crippen LogP contribution in [0.2, 0.25) is 4.94 Å². The van der Waals surface area contributed by atoms with Crippen LogP contribution in [0, 0.1) is 0 Å². The van der Waals surface area contributed by atoms with Crippen molar-refractivity contribution < 1.29 is 0 Å². The average Bonchev–Trinajstić information content (AvgIpc) is 2.17. The maximum atomic E-state index is 2.35. The Bertz CT molecular complexity index is 393. The van der Waals surface area contributed by atoms with E-state index in [4.69, 9.17) is 0 Å². The van der Waals surface area contributed by atoms with Crippen LogP contribution in [-0.4, -0.2) is 21.1 Å². The molecule has 0 unspecified atom stereocenters. The fourth-order valence-corrected chi connectivity index (χ4v) is 2.91. The summed E-state index contributed by atoms with van der Waals surface area (Å²) in [6.07, 6.45) is 0. The third kappa shape index (κ3) is 1.48. The molecule has 2 rings (SSSR count). The standard InChI is InChI=1S/C10H7.CH3.Sn/c1-2-6-10-8-4-3-7-9(10)5-1;;/h1-3,5-8H;1H3;. The van der Waals surface area contributed by atoms with Crippen molar-refractivity contribution in [3.05, 3.63) is 42.5 Å². The molecule has 0 aliphatic carbocycles. The summed E-state index contributed by atoms with van der Waals surface area (Å²) in [5, 5.41) is 2.74. The molecule has 1 heteroatoms. The molecular formula is C11H10Sn. The number of fused-ring (bicyclic) bond motifs is 1. The van der Waals surface area contributed by atoms with Crippen molar-refractivity contribution in [2.24, 2.45) is 0 Å². The zero-order valence-corrected chi connectivity index (χ0v) is 9.90. The van der Waals surface area contributed by atoms with Crippen LogP contribution in [0.25, 0.3) is 10.8 Å². The Hall–Kier alpha value is -0.501. The van der Waals surface area contributed by atoms with E-state index in [1.807, 2.05) is 0 Å². The van der Waals surface area contributed by atoms with Crippen molar-refractivity contribution in [3.8, 4) is 0 Å². The van der Waals surface area contributed by atoms with Crippen LogP contribution < -0.4 is 3.58 Å². The van der Waals surface area contributed by atoms with Gasteiger partial charge in [-0.1, -0.05) is 0 Å². The molecule has 0 bridgehead atoms. The van der Waals surface area contributed by atoms with Gasteiger partial charge in [0.05, 0.1) is 0 Å². The van der Waals surface area contributed by atoms with E-state index in [-0.39, 0.29) is 21.1 Å². The molecule has 0 aliphatic heterocycles. The minimum atomic E-state index is -0.246. The van der Waals surface area contributed by atoms with Gasteiger partial charge in [0.1, 0.15) is 0 Å². The van der Waals surface area contributed by atoms with Gasteiger partial charge in [0, 0.05) is 0 Å². The third-order valence-electron chi connectivity index (χ3n) is 2.04. The van der Waals surface area contributed by atoms with Gasteiger partial charge in [-0.3, -0.25) is 0 Å². The van der Waals surface area contributed by atoms with Crippen LogP contribution in [0.1, 0.15) is 0 Å². The normalized spacial score (nSPS) is 10.4. The number of hydrogen-bond acceptors (Lipinski definition) is 0. The molecule has 0 aliphatic rings. The third-order valence-corrected chi connectivity index (χ3v) is 4.57. The van der Waals surface area contributed by atoms with Crippen LogP contribution in [0.4, 0.5) is 0 Å². The molecule has 0 saturated carbocycles. The predicted octanol–water partition coefficient (Wildman–Crippen LogP) is 2.22. The topological polar surface area (TPSA) is 0 Å². The van der Waals surface area contributed by atoms with Crippen LogP contribution in [0.3, 0.4) is 0 Å². The van der Waals surface area contributed by atoms with E-state index in [0.29, 0.717) is 0 Å². The Morgan fingerprint density at radius 2 is 1.67 bits per heavy atom. The van der Waals surface area contributed by atoms with Gasteiger partial charge in [0.15, 0.2) is 0 Å². The summed E-state index contributed by atoms with van der Waals surface area (Å²) in [6.45, 7) is 0. The fraction of sp³-hybridized carbons (Fsp3) is 0.0909. The first-order valence-electron chi connectivity index (χ1n) is 4.07. The van der Waals surface area contributed by atoms with Crippen molar-refractivity contribution in [1.29, 1.82) is 0 Å². The Morgan fingerprint density at radius 1 is 0.917 bits per heavy atom. The molecular weight excluding hydrogens is 251 g/mol. The van der Waals surface area contributed by atoms with E-state index in [1.54, 1.807) is 3.58 Å². The number of hydrogen-bond donors (Lipinski definition) is 0. The summed E-state index contributed by atoms with van der Waals surface area (Å²) in [7, 11) is 0. The molecule has 2 aromatic carbocycles. The summed E-state index contributed by atoms with van der Waals surface area (Å²) in [6, 6.07) is 15.4. The van der Waals surface area contributed by atoms with Gasteiger partial charge in [-0.05, 0) is 0 Å². The molecule has 0 N–H and O–H groups in total. The second kappa shape index (κ2) is 3.48. The molecule has 0 spiro atoms. The average molecular weight is 261 g/mol. The van der Waals surface area contributed by atoms with Gasteiger partial charge in [-0.25, -0.2) is 0 Å². The monoisotopic (exact) mass is 262 g/mol. The summed E-state index contributed by atoms with van der Waals surface area (Å²) in [5.41, 5.74) is 0. The second-order valence-corrected chi connectivity index (χ2v) is 5.89. The summed E-state index contributed by atoms with van der Waals surface area (Å²) in [4.78, 5) is 2.35. The van der Waals surface area contributed by atoms with Crippen molar-refractivity contribution in [3.63, 3.8) is 0 Å². The Morgan fingerprint density at radius 3 is 2.42 bits per heavy atom. The zero-order valence-electron chi connectivity index (χ0n) is 7.04. The van der Waals surface area contributed by atoms with E-state index in [9.17, 15) is 0 Å². The SMILES string of the molecule is [CH3][Sn][c]1ccc2ccccc2c1. The first-order chi connectivity index (χ1) is 5.90. The van der Waals surface area contributed by atoms with Gasteiger partial charge in [0.2, 0.25) is 0 Å². The molecule has 0 heterocycles. The molecule has 0 aromatic heterocycles. The maximum absolute atomic E-state index is 2.35. The summed E-state index contributed by atoms with van der Waals surface area (Å²) < 4.78 is 1.58. The minimum absolute atomic E-state index is 0.246. The Balaban J connectivity index is 2.67. The summed E-state index contributed by atoms with van der Waals surface area (Å²) >= 11 is -0.246. The fourth-order valence-electron chi connectivity index (χ4n) is 1.34. The van der Waals surface area contributed by atoms with E-state index in [1.165, 1.54) is 10.8 Å². The molecule has 0 fully saturated rings. The van der Waals surface area contributed by atoms with Gasteiger partial charge in [-0.2, -0.15) is 0 Å². The Labute approximate surface area is 82.8 Å². The van der Waals surface area contributed by atoms with Crippen molar-refractivity contribution in [1.82, 2.24) is 0 Å². The molecule has 2 aromatic rings. The van der Waals surface area contributed by atoms with E-state index in [2.05, 4.69) is 47.4 Å². The van der Waals surface area contributed by atoms with Gasteiger partial charge in [-0.15, -0.1) is 0 Å². The molecule has 58 valence electrons. The van der Waals surface area contributed by atoms with Crippen molar-refractivity contribution in [2.45, 2.75) is 4.94 Å². The molecule has 0 saturated heterocycles. The van der Waals surface area contributed by atoms with Crippen LogP contribution in [0.15, 0.2) is 42.5 Å². The quantitative estimate of drug-likeness (QED) is 0.690. The Kier molecular flexibility index (Phi) is 2.35. The first kappa shape index (κ1) is 8.11. The molecule has 0 atom stereocenters. The summed E-state index contributed by atoms with van der Waals surface area (Å²) in [5.74, 6) is 0. The number of benzene rings is 2. The van der Waals surface area contributed by atoms with Crippen LogP contribution in [-0.2, 0) is 0 Å². The molecule has 0 amide bonds. The van der Waals surface area contributed by atoms with Gasteiger partial charge < -0.3 is 0 Å². The van der Waals surface area contributed by atoms with Gasteiger partial charge in [0.25, 0.3) is 0 Å². The second-order valence-electron chi connectivity index (χ2n) is 2.81. The molecule has 2 radical (unpaired) electrons. The van der Waals surface area contributed by atoms with E-state index < -0.39 is 0 Å². The number of rotatable bonds is 1. The molecule has 12 heavy (non-hydrogen) atoms. The van der Waals surface area contributed by atoms with Crippen LogP contribution >= 0.6 is 0 Å². The first-order valence-corrected chi connectivity index (χ1v) is 8.35. The van der Waals surface area contributed by atoms with E-state index in [0.717, 1.165) is 0 Å². The van der Waals surface area contributed by atoms with E-state index >= 15 is 0 Å². The molecule has 0 nitrogen and oxygen atoms in total.